The summed E-state index contributed by atoms with van der Waals surface area (Å²) in [5.41, 5.74) is 9.78. The van der Waals surface area contributed by atoms with E-state index in [0.29, 0.717) is 24.5 Å². The number of nitrogens with zero attached hydrogens (tertiary/aromatic N) is 3. The molecule has 2 aromatic heterocycles. The Morgan fingerprint density at radius 1 is 1.50 bits per heavy atom. The summed E-state index contributed by atoms with van der Waals surface area (Å²) in [7, 11) is 0. The second-order valence-electron chi connectivity index (χ2n) is 5.80. The van der Waals surface area contributed by atoms with Crippen LogP contribution >= 0.6 is 0 Å². The summed E-state index contributed by atoms with van der Waals surface area (Å²) >= 11 is 0. The van der Waals surface area contributed by atoms with Crippen LogP contribution in [0.15, 0.2) is 47.9 Å². The molecule has 128 valence electrons. The minimum absolute atomic E-state index is 0.142. The summed E-state index contributed by atoms with van der Waals surface area (Å²) in [5.74, 6) is 0.801. The van der Waals surface area contributed by atoms with E-state index in [1.54, 1.807) is 12.3 Å². The number of hydrogen-bond donors (Lipinski definition) is 3. The normalized spacial score (nSPS) is 12.4. The molecule has 4 N–H and O–H groups in total. The van der Waals surface area contributed by atoms with Gasteiger partial charge in [-0.1, -0.05) is 26.5 Å². The number of hydrogen-bond acceptors (Lipinski definition) is 5. The molecule has 0 saturated heterocycles. The zero-order chi connectivity index (χ0) is 17.5. The third kappa shape index (κ3) is 4.23. The van der Waals surface area contributed by atoms with E-state index in [-0.39, 0.29) is 12.5 Å². The van der Waals surface area contributed by atoms with E-state index >= 15 is 0 Å². The van der Waals surface area contributed by atoms with Gasteiger partial charge in [-0.15, -0.1) is 0 Å². The number of aliphatic imine (C=N–C) groups is 1. The predicted molar refractivity (Wildman–Crippen MR) is 98.8 cm³/mol. The maximum atomic E-state index is 8.75. The molecular formula is C18H25N5O. The standard InChI is InChI=1S/C18H25N5O/c1-13(2)18-17(16-7-4-5-11-23(16)22-18)15(19)8-10-21-14(3)20-9-6-12-24/h4-5,7-8,10-11,13,20,24H,3,6,9,12,19H2,1-2H3/b15-8-,21-10?. The number of allylic oxidation sites excluding steroid dienone is 1. The number of nitrogens with one attached hydrogen (secondary N) is 1. The molecule has 2 heterocycles. The van der Waals surface area contributed by atoms with Gasteiger partial charge in [0.2, 0.25) is 0 Å². The van der Waals surface area contributed by atoms with Crippen molar-refractivity contribution in [3.8, 4) is 0 Å². The zero-order valence-electron chi connectivity index (χ0n) is 14.2. The maximum Gasteiger partial charge on any atom is 0.118 e. The lowest BCUT2D eigenvalue weighted by atomic mass is 10.0. The van der Waals surface area contributed by atoms with Gasteiger partial charge in [0.15, 0.2) is 0 Å². The molecule has 0 aromatic carbocycles. The highest BCUT2D eigenvalue weighted by molar-refractivity contribution is 5.89. The number of aromatic nitrogens is 2. The van der Waals surface area contributed by atoms with Crippen LogP contribution in [-0.4, -0.2) is 34.1 Å². The Balaban J connectivity index is 2.22. The minimum Gasteiger partial charge on any atom is -0.398 e. The molecule has 0 aliphatic carbocycles. The molecule has 0 unspecified atom stereocenters. The largest absolute Gasteiger partial charge is 0.398 e. The quantitative estimate of drug-likeness (QED) is 0.513. The highest BCUT2D eigenvalue weighted by Crippen LogP contribution is 2.26. The van der Waals surface area contributed by atoms with Crippen molar-refractivity contribution in [3.05, 3.63) is 54.1 Å². The van der Waals surface area contributed by atoms with E-state index in [1.807, 2.05) is 28.9 Å². The Morgan fingerprint density at radius 3 is 3.00 bits per heavy atom. The molecule has 0 amide bonds. The molecular weight excluding hydrogens is 302 g/mol. The lowest BCUT2D eigenvalue weighted by molar-refractivity contribution is 0.288. The van der Waals surface area contributed by atoms with E-state index in [2.05, 4.69) is 35.8 Å². The lowest BCUT2D eigenvalue weighted by Crippen LogP contribution is -2.13. The van der Waals surface area contributed by atoms with Crippen LogP contribution in [0, 0.1) is 0 Å². The number of rotatable bonds is 8. The summed E-state index contributed by atoms with van der Waals surface area (Å²) in [5, 5.41) is 16.4. The number of fused-ring (bicyclic) bond motifs is 1. The fraction of sp³-hybridized carbons (Fsp3) is 0.333. The Hall–Kier alpha value is -2.60. The first kappa shape index (κ1) is 17.7. The number of nitrogens with two attached hydrogens (primary N) is 1. The molecule has 0 bridgehead atoms. The van der Waals surface area contributed by atoms with Gasteiger partial charge in [-0.05, 0) is 30.5 Å². The van der Waals surface area contributed by atoms with Crippen LogP contribution in [0.4, 0.5) is 0 Å². The smallest absolute Gasteiger partial charge is 0.118 e. The van der Waals surface area contributed by atoms with Crippen molar-refractivity contribution in [2.75, 3.05) is 13.2 Å². The average molecular weight is 327 g/mol. The third-order valence-corrected chi connectivity index (χ3v) is 3.55. The summed E-state index contributed by atoms with van der Waals surface area (Å²) < 4.78 is 1.85. The van der Waals surface area contributed by atoms with Crippen LogP contribution in [-0.2, 0) is 0 Å². The summed E-state index contributed by atoms with van der Waals surface area (Å²) in [6, 6.07) is 5.91. The van der Waals surface area contributed by atoms with Gasteiger partial charge in [-0.3, -0.25) is 0 Å². The van der Waals surface area contributed by atoms with E-state index in [4.69, 9.17) is 10.8 Å². The lowest BCUT2D eigenvalue weighted by Gasteiger charge is -2.05. The first-order chi connectivity index (χ1) is 11.5. The highest BCUT2D eigenvalue weighted by atomic mass is 16.3. The van der Waals surface area contributed by atoms with E-state index in [9.17, 15) is 0 Å². The molecule has 6 heteroatoms. The second kappa shape index (κ2) is 8.31. The second-order valence-corrected chi connectivity index (χ2v) is 5.80. The molecule has 0 atom stereocenters. The van der Waals surface area contributed by atoms with E-state index in [0.717, 1.165) is 16.8 Å². The Labute approximate surface area is 142 Å². The van der Waals surface area contributed by atoms with Crippen molar-refractivity contribution in [2.24, 2.45) is 10.7 Å². The summed E-state index contributed by atoms with van der Waals surface area (Å²) in [6.07, 6.45) is 5.96. The van der Waals surface area contributed by atoms with Gasteiger partial charge in [0.1, 0.15) is 5.82 Å². The van der Waals surface area contributed by atoms with E-state index in [1.165, 1.54) is 0 Å². The number of pyridine rings is 1. The first-order valence-corrected chi connectivity index (χ1v) is 8.05. The number of aliphatic hydroxyl groups excluding tert-OH is 1. The van der Waals surface area contributed by atoms with Gasteiger partial charge in [0.25, 0.3) is 0 Å². The number of aliphatic hydroxyl groups is 1. The summed E-state index contributed by atoms with van der Waals surface area (Å²) in [6.45, 7) is 8.78. The van der Waals surface area contributed by atoms with Crippen molar-refractivity contribution in [2.45, 2.75) is 26.2 Å². The van der Waals surface area contributed by atoms with Gasteiger partial charge in [0.05, 0.1) is 11.2 Å². The minimum atomic E-state index is 0.142. The molecule has 0 fully saturated rings. The van der Waals surface area contributed by atoms with Crippen molar-refractivity contribution in [1.29, 1.82) is 0 Å². The Bertz CT molecular complexity index is 758. The monoisotopic (exact) mass is 327 g/mol. The maximum absolute atomic E-state index is 8.75. The first-order valence-electron chi connectivity index (χ1n) is 8.05. The van der Waals surface area contributed by atoms with Crippen LogP contribution < -0.4 is 11.1 Å². The average Bonchev–Trinajstić information content (AvgIpc) is 2.95. The van der Waals surface area contributed by atoms with Gasteiger partial charge in [-0.2, -0.15) is 5.10 Å². The topological polar surface area (TPSA) is 87.9 Å². The van der Waals surface area contributed by atoms with Crippen LogP contribution in [0.25, 0.3) is 11.2 Å². The molecule has 6 nitrogen and oxygen atoms in total. The molecule has 0 spiro atoms. The zero-order valence-corrected chi connectivity index (χ0v) is 14.2. The van der Waals surface area contributed by atoms with Crippen molar-refractivity contribution in [3.63, 3.8) is 0 Å². The predicted octanol–water partition coefficient (Wildman–Crippen LogP) is 2.27. The molecule has 0 aliphatic heterocycles. The Kier molecular flexibility index (Phi) is 6.14. The molecule has 0 saturated carbocycles. The molecule has 24 heavy (non-hydrogen) atoms. The van der Waals surface area contributed by atoms with Crippen molar-refractivity contribution < 1.29 is 5.11 Å². The van der Waals surface area contributed by atoms with Gasteiger partial charge < -0.3 is 16.2 Å². The summed E-state index contributed by atoms with van der Waals surface area (Å²) in [4.78, 5) is 4.20. The van der Waals surface area contributed by atoms with Crippen molar-refractivity contribution in [1.82, 2.24) is 14.9 Å². The van der Waals surface area contributed by atoms with Crippen molar-refractivity contribution >= 4 is 17.4 Å². The molecule has 0 radical (unpaired) electrons. The highest BCUT2D eigenvalue weighted by Gasteiger charge is 2.16. The van der Waals surface area contributed by atoms with Gasteiger partial charge >= 0.3 is 0 Å². The van der Waals surface area contributed by atoms with Crippen LogP contribution in [0.5, 0.6) is 0 Å². The fourth-order valence-corrected chi connectivity index (χ4v) is 2.37. The molecule has 2 rings (SSSR count). The fourth-order valence-electron chi connectivity index (χ4n) is 2.37. The van der Waals surface area contributed by atoms with Crippen LogP contribution in [0.2, 0.25) is 0 Å². The van der Waals surface area contributed by atoms with E-state index < -0.39 is 0 Å². The van der Waals surface area contributed by atoms with Gasteiger partial charge in [0, 0.05) is 36.8 Å². The molecule has 0 aliphatic rings. The third-order valence-electron chi connectivity index (χ3n) is 3.55. The van der Waals surface area contributed by atoms with Crippen LogP contribution in [0.1, 0.15) is 37.4 Å². The van der Waals surface area contributed by atoms with Crippen LogP contribution in [0.3, 0.4) is 0 Å². The molecule has 2 aromatic rings. The SMILES string of the molecule is C=C(N=C/C=C(\N)c1c(C(C)C)nn2ccccc12)NCCCO. The van der Waals surface area contributed by atoms with Gasteiger partial charge in [-0.25, -0.2) is 9.51 Å². The Morgan fingerprint density at radius 2 is 2.29 bits per heavy atom.